The molecule has 2 aliphatic carbocycles. The Hall–Kier alpha value is -1.03. The summed E-state index contributed by atoms with van der Waals surface area (Å²) < 4.78 is 5.69. The molecule has 4 heteroatoms. The molecule has 2 fully saturated rings. The van der Waals surface area contributed by atoms with Crippen LogP contribution in [0.25, 0.3) is 0 Å². The topological polar surface area (TPSA) is 41.3 Å². The van der Waals surface area contributed by atoms with Crippen LogP contribution >= 0.6 is 0 Å². The highest BCUT2D eigenvalue weighted by Crippen LogP contribution is 2.35. The molecule has 1 heterocycles. The number of rotatable bonds is 8. The highest BCUT2D eigenvalue weighted by atomic mass is 16.4. The van der Waals surface area contributed by atoms with Gasteiger partial charge in [0.2, 0.25) is 0 Å². The van der Waals surface area contributed by atoms with Crippen molar-refractivity contribution in [1.82, 2.24) is 10.3 Å². The second kappa shape index (κ2) is 5.53. The Kier molecular flexibility index (Phi) is 3.78. The van der Waals surface area contributed by atoms with Crippen LogP contribution in [0.4, 0.5) is 6.01 Å². The van der Waals surface area contributed by atoms with Gasteiger partial charge in [-0.1, -0.05) is 13.8 Å². The van der Waals surface area contributed by atoms with Crippen molar-refractivity contribution in [1.29, 1.82) is 0 Å². The largest absolute Gasteiger partial charge is 0.432 e. The van der Waals surface area contributed by atoms with E-state index in [2.05, 4.69) is 29.0 Å². The fourth-order valence-electron chi connectivity index (χ4n) is 2.29. The molecular formula is C15H25N3O. The minimum Gasteiger partial charge on any atom is -0.432 e. The van der Waals surface area contributed by atoms with E-state index in [0.29, 0.717) is 6.04 Å². The van der Waals surface area contributed by atoms with E-state index >= 15 is 0 Å². The Morgan fingerprint density at radius 2 is 1.89 bits per heavy atom. The number of oxazole rings is 1. The lowest BCUT2D eigenvalue weighted by molar-refractivity contribution is 0.516. The molecule has 0 unspecified atom stereocenters. The van der Waals surface area contributed by atoms with Crippen LogP contribution in [0.5, 0.6) is 0 Å². The van der Waals surface area contributed by atoms with E-state index in [9.17, 15) is 0 Å². The first kappa shape index (κ1) is 13.0. The molecule has 4 nitrogen and oxygen atoms in total. The molecule has 19 heavy (non-hydrogen) atoms. The standard InChI is InChI=1S/C15H25N3O/c1-11(2)16-7-14-10-19-15(17-14)18(8-12-3-4-12)9-13-5-6-13/h10-13,16H,3-9H2,1-2H3. The SMILES string of the molecule is CC(C)NCc1coc(N(CC2CC2)CC2CC2)n1. The molecular weight excluding hydrogens is 238 g/mol. The Morgan fingerprint density at radius 1 is 1.26 bits per heavy atom. The van der Waals surface area contributed by atoms with Gasteiger partial charge in [-0.3, -0.25) is 0 Å². The maximum Gasteiger partial charge on any atom is 0.297 e. The molecule has 3 rings (SSSR count). The van der Waals surface area contributed by atoms with E-state index < -0.39 is 0 Å². The summed E-state index contributed by atoms with van der Waals surface area (Å²) in [4.78, 5) is 7.01. The van der Waals surface area contributed by atoms with Gasteiger partial charge in [0.1, 0.15) is 6.26 Å². The molecule has 0 aromatic carbocycles. The highest BCUT2D eigenvalue weighted by molar-refractivity contribution is 5.28. The molecule has 0 spiro atoms. The zero-order valence-electron chi connectivity index (χ0n) is 12.1. The van der Waals surface area contributed by atoms with Gasteiger partial charge in [-0.2, -0.15) is 4.98 Å². The summed E-state index contributed by atoms with van der Waals surface area (Å²) in [6, 6.07) is 1.31. The summed E-state index contributed by atoms with van der Waals surface area (Å²) in [5, 5.41) is 3.38. The zero-order chi connectivity index (χ0) is 13.2. The number of anilines is 1. The van der Waals surface area contributed by atoms with E-state index in [1.54, 1.807) is 6.26 Å². The minimum absolute atomic E-state index is 0.481. The molecule has 1 aromatic rings. The van der Waals surface area contributed by atoms with Crippen molar-refractivity contribution in [3.05, 3.63) is 12.0 Å². The maximum absolute atomic E-state index is 5.69. The molecule has 0 radical (unpaired) electrons. The number of hydrogen-bond acceptors (Lipinski definition) is 4. The van der Waals surface area contributed by atoms with E-state index in [-0.39, 0.29) is 0 Å². The molecule has 2 aliphatic rings. The first-order chi connectivity index (χ1) is 9.20. The first-order valence-electron chi connectivity index (χ1n) is 7.63. The number of hydrogen-bond donors (Lipinski definition) is 1. The Bertz CT molecular complexity index is 393. The third-order valence-corrected chi connectivity index (χ3v) is 3.85. The Morgan fingerprint density at radius 3 is 2.42 bits per heavy atom. The summed E-state index contributed by atoms with van der Waals surface area (Å²) in [6.45, 7) is 7.35. The van der Waals surface area contributed by atoms with E-state index in [0.717, 1.165) is 43.2 Å². The maximum atomic E-state index is 5.69. The van der Waals surface area contributed by atoms with Gasteiger partial charge >= 0.3 is 0 Å². The second-order valence-corrected chi connectivity index (χ2v) is 6.45. The van der Waals surface area contributed by atoms with Gasteiger partial charge in [0, 0.05) is 25.7 Å². The average molecular weight is 263 g/mol. The third kappa shape index (κ3) is 3.96. The van der Waals surface area contributed by atoms with Gasteiger partial charge in [-0.25, -0.2) is 0 Å². The van der Waals surface area contributed by atoms with Crippen LogP contribution < -0.4 is 10.2 Å². The number of nitrogens with one attached hydrogen (secondary N) is 1. The smallest absolute Gasteiger partial charge is 0.297 e. The van der Waals surface area contributed by atoms with Crippen molar-refractivity contribution in [3.8, 4) is 0 Å². The predicted octanol–water partition coefficient (Wildman–Crippen LogP) is 2.80. The molecule has 1 aromatic heterocycles. The molecule has 0 atom stereocenters. The van der Waals surface area contributed by atoms with Crippen molar-refractivity contribution < 1.29 is 4.42 Å². The quantitative estimate of drug-likeness (QED) is 0.783. The van der Waals surface area contributed by atoms with Crippen molar-refractivity contribution in [2.45, 2.75) is 52.1 Å². The molecule has 0 aliphatic heterocycles. The summed E-state index contributed by atoms with van der Waals surface area (Å²) >= 11 is 0. The highest BCUT2D eigenvalue weighted by Gasteiger charge is 2.31. The lowest BCUT2D eigenvalue weighted by Gasteiger charge is -2.20. The molecule has 106 valence electrons. The van der Waals surface area contributed by atoms with Gasteiger partial charge in [0.05, 0.1) is 5.69 Å². The molecule has 1 N–H and O–H groups in total. The predicted molar refractivity (Wildman–Crippen MR) is 76.1 cm³/mol. The fraction of sp³-hybridized carbons (Fsp3) is 0.800. The van der Waals surface area contributed by atoms with Gasteiger partial charge < -0.3 is 14.6 Å². The molecule has 2 saturated carbocycles. The van der Waals surface area contributed by atoms with Crippen LogP contribution in [0.15, 0.2) is 10.7 Å². The molecule has 0 saturated heterocycles. The minimum atomic E-state index is 0.481. The lowest BCUT2D eigenvalue weighted by atomic mass is 10.3. The van der Waals surface area contributed by atoms with Crippen LogP contribution in [0.3, 0.4) is 0 Å². The third-order valence-electron chi connectivity index (χ3n) is 3.85. The Labute approximate surface area is 115 Å². The summed E-state index contributed by atoms with van der Waals surface area (Å²) in [7, 11) is 0. The van der Waals surface area contributed by atoms with E-state index in [1.165, 1.54) is 25.7 Å². The van der Waals surface area contributed by atoms with Gasteiger partial charge in [0.15, 0.2) is 0 Å². The molecule has 0 bridgehead atoms. The van der Waals surface area contributed by atoms with Crippen molar-refractivity contribution in [3.63, 3.8) is 0 Å². The van der Waals surface area contributed by atoms with Crippen molar-refractivity contribution in [2.75, 3.05) is 18.0 Å². The molecule has 0 amide bonds. The number of aromatic nitrogens is 1. The zero-order valence-corrected chi connectivity index (χ0v) is 12.1. The van der Waals surface area contributed by atoms with E-state index in [4.69, 9.17) is 4.42 Å². The van der Waals surface area contributed by atoms with Gasteiger partial charge in [-0.15, -0.1) is 0 Å². The van der Waals surface area contributed by atoms with Crippen LogP contribution in [0, 0.1) is 11.8 Å². The second-order valence-electron chi connectivity index (χ2n) is 6.45. The van der Waals surface area contributed by atoms with Crippen LogP contribution in [0.2, 0.25) is 0 Å². The number of nitrogens with zero attached hydrogens (tertiary/aromatic N) is 2. The normalized spacial score (nSPS) is 19.1. The monoisotopic (exact) mass is 263 g/mol. The van der Waals surface area contributed by atoms with E-state index in [1.807, 2.05) is 0 Å². The summed E-state index contributed by atoms with van der Waals surface area (Å²) in [6.07, 6.45) is 7.32. The average Bonchev–Trinajstić information content (AvgIpc) is 3.29. The Balaban J connectivity index is 1.59. The first-order valence-corrected chi connectivity index (χ1v) is 7.63. The van der Waals surface area contributed by atoms with Crippen molar-refractivity contribution >= 4 is 6.01 Å². The van der Waals surface area contributed by atoms with Crippen molar-refractivity contribution in [2.24, 2.45) is 11.8 Å². The lowest BCUT2D eigenvalue weighted by Crippen LogP contribution is -2.28. The van der Waals surface area contributed by atoms with Crippen LogP contribution in [-0.4, -0.2) is 24.1 Å². The van der Waals surface area contributed by atoms with Crippen LogP contribution in [0.1, 0.15) is 45.2 Å². The van der Waals surface area contributed by atoms with Gasteiger partial charge in [-0.05, 0) is 37.5 Å². The van der Waals surface area contributed by atoms with Crippen LogP contribution in [-0.2, 0) is 6.54 Å². The fourth-order valence-corrected chi connectivity index (χ4v) is 2.29. The van der Waals surface area contributed by atoms with Gasteiger partial charge in [0.25, 0.3) is 6.01 Å². The summed E-state index contributed by atoms with van der Waals surface area (Å²) in [5.74, 6) is 1.76. The summed E-state index contributed by atoms with van der Waals surface area (Å²) in [5.41, 5.74) is 1.01.